The van der Waals surface area contributed by atoms with Gasteiger partial charge in [0.2, 0.25) is 0 Å². The zero-order valence-electron chi connectivity index (χ0n) is 15.7. The highest BCUT2D eigenvalue weighted by Crippen LogP contribution is 2.22. The highest BCUT2D eigenvalue weighted by Gasteiger charge is 2.33. The van der Waals surface area contributed by atoms with Crippen molar-refractivity contribution in [2.45, 2.75) is 39.0 Å². The average molecular weight is 305 g/mol. The molecule has 1 aromatic carbocycles. The van der Waals surface area contributed by atoms with Gasteiger partial charge >= 0.3 is 0 Å². The second kappa shape index (κ2) is 6.33. The summed E-state index contributed by atoms with van der Waals surface area (Å²) in [4.78, 5) is 0. The Bertz CT molecular complexity index is 469. The standard InChI is InChI=1S/C20H36N2/c1-20(2,3)19-11-9-18(10-12-19)8-7-13-22(6)16-14-21(4,5)15-17-22/h9-12H,7-8,13-17H2,1-6H3/q+2. The number of rotatable bonds is 4. The van der Waals surface area contributed by atoms with Crippen LogP contribution in [-0.4, -0.2) is 62.8 Å². The summed E-state index contributed by atoms with van der Waals surface area (Å²) in [6.45, 7) is 13.5. The lowest BCUT2D eigenvalue weighted by molar-refractivity contribution is -1.01. The summed E-state index contributed by atoms with van der Waals surface area (Å²) in [5.41, 5.74) is 3.19. The van der Waals surface area contributed by atoms with Gasteiger partial charge in [-0.25, -0.2) is 0 Å². The van der Waals surface area contributed by atoms with E-state index in [1.165, 1.54) is 65.7 Å². The second-order valence-electron chi connectivity index (χ2n) is 9.22. The zero-order chi connectivity index (χ0) is 16.4. The topological polar surface area (TPSA) is 0 Å². The monoisotopic (exact) mass is 304 g/mol. The molecule has 124 valence electrons. The van der Waals surface area contributed by atoms with Crippen molar-refractivity contribution in [1.29, 1.82) is 0 Å². The maximum atomic E-state index is 2.45. The summed E-state index contributed by atoms with van der Waals surface area (Å²) in [5, 5.41) is 0. The molecular weight excluding hydrogens is 268 g/mol. The Labute approximate surface area is 137 Å². The molecule has 0 unspecified atom stereocenters. The lowest BCUT2D eigenvalue weighted by Crippen LogP contribution is -2.62. The summed E-state index contributed by atoms with van der Waals surface area (Å²) >= 11 is 0. The molecule has 1 fully saturated rings. The van der Waals surface area contributed by atoms with Crippen LogP contribution in [0.2, 0.25) is 0 Å². The minimum Gasteiger partial charge on any atom is -0.319 e. The van der Waals surface area contributed by atoms with E-state index in [0.29, 0.717) is 0 Å². The molecule has 0 atom stereocenters. The SMILES string of the molecule is CC(C)(C)c1ccc(CCC[N+]2(C)CC[N+](C)(C)CC2)cc1. The van der Waals surface area contributed by atoms with Crippen molar-refractivity contribution in [2.24, 2.45) is 0 Å². The first-order chi connectivity index (χ1) is 10.1. The molecule has 22 heavy (non-hydrogen) atoms. The van der Waals surface area contributed by atoms with Crippen molar-refractivity contribution in [1.82, 2.24) is 0 Å². The van der Waals surface area contributed by atoms with Crippen LogP contribution in [0.4, 0.5) is 0 Å². The Hall–Kier alpha value is -0.860. The molecule has 2 rings (SSSR count). The second-order valence-corrected chi connectivity index (χ2v) is 9.22. The highest BCUT2D eigenvalue weighted by molar-refractivity contribution is 5.27. The fourth-order valence-corrected chi connectivity index (χ4v) is 3.31. The Morgan fingerprint density at radius 3 is 1.91 bits per heavy atom. The minimum atomic E-state index is 0.260. The molecule has 0 spiro atoms. The third-order valence-electron chi connectivity index (χ3n) is 5.47. The lowest BCUT2D eigenvalue weighted by atomic mass is 9.86. The first-order valence-electron chi connectivity index (χ1n) is 8.85. The molecule has 0 saturated carbocycles. The molecule has 1 saturated heterocycles. The van der Waals surface area contributed by atoms with E-state index in [2.05, 4.69) is 66.2 Å². The third-order valence-corrected chi connectivity index (χ3v) is 5.47. The first-order valence-corrected chi connectivity index (χ1v) is 8.85. The first kappa shape index (κ1) is 17.5. The van der Waals surface area contributed by atoms with Crippen molar-refractivity contribution >= 4 is 0 Å². The van der Waals surface area contributed by atoms with Gasteiger partial charge in [0.15, 0.2) is 0 Å². The van der Waals surface area contributed by atoms with Crippen LogP contribution in [0.5, 0.6) is 0 Å². The van der Waals surface area contributed by atoms with Crippen molar-refractivity contribution in [3.63, 3.8) is 0 Å². The molecule has 2 heteroatoms. The van der Waals surface area contributed by atoms with E-state index in [-0.39, 0.29) is 5.41 Å². The summed E-state index contributed by atoms with van der Waals surface area (Å²) < 4.78 is 2.46. The molecule has 0 N–H and O–H groups in total. The number of quaternary nitrogens is 2. The van der Waals surface area contributed by atoms with E-state index in [1.54, 1.807) is 0 Å². The van der Waals surface area contributed by atoms with Crippen LogP contribution in [0.15, 0.2) is 24.3 Å². The van der Waals surface area contributed by atoms with Gasteiger partial charge in [-0.2, -0.15) is 0 Å². The van der Waals surface area contributed by atoms with Gasteiger partial charge in [-0.15, -0.1) is 0 Å². The molecule has 1 aliphatic heterocycles. The molecule has 0 radical (unpaired) electrons. The van der Waals surface area contributed by atoms with E-state index in [9.17, 15) is 0 Å². The van der Waals surface area contributed by atoms with Crippen LogP contribution in [0.1, 0.15) is 38.3 Å². The number of hydrogen-bond donors (Lipinski definition) is 0. The molecular formula is C20H36N2+2. The highest BCUT2D eigenvalue weighted by atomic mass is 15.4. The molecule has 0 amide bonds. The van der Waals surface area contributed by atoms with E-state index < -0.39 is 0 Å². The maximum absolute atomic E-state index is 2.45. The summed E-state index contributed by atoms with van der Waals surface area (Å²) in [5.74, 6) is 0. The van der Waals surface area contributed by atoms with Gasteiger partial charge in [0, 0.05) is 6.42 Å². The van der Waals surface area contributed by atoms with Gasteiger partial charge in [0.05, 0.1) is 27.7 Å². The van der Waals surface area contributed by atoms with Crippen LogP contribution in [-0.2, 0) is 11.8 Å². The lowest BCUT2D eigenvalue weighted by Gasteiger charge is -2.44. The summed E-state index contributed by atoms with van der Waals surface area (Å²) in [6.07, 6.45) is 2.52. The van der Waals surface area contributed by atoms with Crippen molar-refractivity contribution < 1.29 is 8.97 Å². The number of hydrogen-bond acceptors (Lipinski definition) is 0. The minimum absolute atomic E-state index is 0.260. The predicted molar refractivity (Wildman–Crippen MR) is 96.1 cm³/mol. The third kappa shape index (κ3) is 4.82. The van der Waals surface area contributed by atoms with Crippen molar-refractivity contribution in [2.75, 3.05) is 53.9 Å². The molecule has 1 aromatic rings. The Balaban J connectivity index is 1.81. The Morgan fingerprint density at radius 1 is 0.864 bits per heavy atom. The smallest absolute Gasteiger partial charge is 0.128 e. The van der Waals surface area contributed by atoms with E-state index in [0.717, 1.165) is 0 Å². The van der Waals surface area contributed by atoms with Gasteiger partial charge in [-0.3, -0.25) is 0 Å². The van der Waals surface area contributed by atoms with Crippen LogP contribution >= 0.6 is 0 Å². The number of likely N-dealkylation sites (N-methyl/N-ethyl adjacent to an activating group) is 2. The Kier molecular flexibility index (Phi) is 5.03. The normalized spacial score (nSPS) is 20.8. The van der Waals surface area contributed by atoms with E-state index in [1.807, 2.05) is 0 Å². The quantitative estimate of drug-likeness (QED) is 0.747. The summed E-state index contributed by atoms with van der Waals surface area (Å²) in [6, 6.07) is 9.28. The largest absolute Gasteiger partial charge is 0.319 e. The summed E-state index contributed by atoms with van der Waals surface area (Å²) in [7, 11) is 7.17. The number of piperazine rings is 1. The van der Waals surface area contributed by atoms with Gasteiger partial charge in [0.25, 0.3) is 0 Å². The van der Waals surface area contributed by atoms with Crippen LogP contribution < -0.4 is 0 Å². The average Bonchev–Trinajstić information content (AvgIpc) is 2.43. The number of nitrogens with zero attached hydrogens (tertiary/aromatic N) is 2. The molecule has 1 heterocycles. The number of benzene rings is 1. The molecule has 0 bridgehead atoms. The fourth-order valence-electron chi connectivity index (χ4n) is 3.31. The van der Waals surface area contributed by atoms with Gasteiger partial charge in [-0.05, 0) is 23.0 Å². The van der Waals surface area contributed by atoms with E-state index >= 15 is 0 Å². The molecule has 1 aliphatic rings. The molecule has 0 aliphatic carbocycles. The zero-order valence-corrected chi connectivity index (χ0v) is 15.7. The number of aryl methyl sites for hydroxylation is 1. The van der Waals surface area contributed by atoms with Crippen molar-refractivity contribution in [3.05, 3.63) is 35.4 Å². The van der Waals surface area contributed by atoms with Gasteiger partial charge < -0.3 is 8.97 Å². The van der Waals surface area contributed by atoms with Crippen LogP contribution in [0.25, 0.3) is 0 Å². The fraction of sp³-hybridized carbons (Fsp3) is 0.700. The Morgan fingerprint density at radius 2 is 1.41 bits per heavy atom. The van der Waals surface area contributed by atoms with Crippen LogP contribution in [0, 0.1) is 0 Å². The van der Waals surface area contributed by atoms with Crippen molar-refractivity contribution in [3.8, 4) is 0 Å². The molecule has 0 aromatic heterocycles. The maximum Gasteiger partial charge on any atom is 0.128 e. The van der Waals surface area contributed by atoms with E-state index in [4.69, 9.17) is 0 Å². The van der Waals surface area contributed by atoms with Gasteiger partial charge in [-0.1, -0.05) is 45.0 Å². The molecule has 2 nitrogen and oxygen atoms in total. The van der Waals surface area contributed by atoms with Gasteiger partial charge in [0.1, 0.15) is 26.2 Å². The van der Waals surface area contributed by atoms with Crippen LogP contribution in [0.3, 0.4) is 0 Å². The predicted octanol–water partition coefficient (Wildman–Crippen LogP) is 3.45.